The third-order valence-corrected chi connectivity index (χ3v) is 4.59. The lowest BCUT2D eigenvalue weighted by Gasteiger charge is -2.36. The molecule has 1 aromatic carbocycles. The van der Waals surface area contributed by atoms with Crippen LogP contribution in [0.1, 0.15) is 10.4 Å². The van der Waals surface area contributed by atoms with E-state index in [1.54, 1.807) is 35.5 Å². The van der Waals surface area contributed by atoms with Gasteiger partial charge in [0.05, 0.1) is 16.2 Å². The highest BCUT2D eigenvalue weighted by atomic mass is 79.9. The molecule has 124 valence electrons. The largest absolute Gasteiger partial charge is 0.367 e. The van der Waals surface area contributed by atoms with E-state index in [4.69, 9.17) is 0 Å². The molecule has 1 aliphatic heterocycles. The van der Waals surface area contributed by atoms with Crippen LogP contribution in [-0.2, 0) is 0 Å². The molecule has 0 bridgehead atoms. The van der Waals surface area contributed by atoms with Crippen molar-refractivity contribution in [2.75, 3.05) is 31.1 Å². The Kier molecular flexibility index (Phi) is 4.75. The van der Waals surface area contributed by atoms with Crippen molar-refractivity contribution in [2.24, 2.45) is 0 Å². The van der Waals surface area contributed by atoms with E-state index in [1.165, 1.54) is 12.1 Å². The summed E-state index contributed by atoms with van der Waals surface area (Å²) >= 11 is 3.40. The minimum atomic E-state index is -0.418. The Labute approximate surface area is 147 Å². The van der Waals surface area contributed by atoms with E-state index in [-0.39, 0.29) is 11.6 Å². The lowest BCUT2D eigenvalue weighted by molar-refractivity contribution is -0.384. The van der Waals surface area contributed by atoms with Crippen molar-refractivity contribution in [1.29, 1.82) is 0 Å². The molecule has 1 amide bonds. The zero-order valence-electron chi connectivity index (χ0n) is 12.8. The summed E-state index contributed by atoms with van der Waals surface area (Å²) in [5.41, 5.74) is 1.53. The first-order valence-electron chi connectivity index (χ1n) is 7.44. The molecule has 0 aliphatic carbocycles. The quantitative estimate of drug-likeness (QED) is 0.594. The van der Waals surface area contributed by atoms with Crippen LogP contribution < -0.4 is 4.90 Å². The van der Waals surface area contributed by atoms with Gasteiger partial charge in [0, 0.05) is 55.2 Å². The fourth-order valence-electron chi connectivity index (χ4n) is 2.69. The van der Waals surface area contributed by atoms with Gasteiger partial charge in [-0.1, -0.05) is 0 Å². The lowest BCUT2D eigenvalue weighted by atomic mass is 10.2. The maximum atomic E-state index is 12.4. The Hall–Kier alpha value is -2.48. The summed E-state index contributed by atoms with van der Waals surface area (Å²) in [5.74, 6) is -0.0227. The molecule has 3 rings (SSSR count). The summed E-state index contributed by atoms with van der Waals surface area (Å²) in [6.45, 7) is 2.53. The Bertz CT molecular complexity index is 761. The first-order valence-corrected chi connectivity index (χ1v) is 8.24. The third kappa shape index (κ3) is 3.38. The average Bonchev–Trinajstić information content (AvgIpc) is 2.62. The van der Waals surface area contributed by atoms with Crippen molar-refractivity contribution in [3.63, 3.8) is 0 Å². The molecule has 0 N–H and O–H groups in total. The van der Waals surface area contributed by atoms with Gasteiger partial charge in [-0.25, -0.2) is 0 Å². The third-order valence-electron chi connectivity index (χ3n) is 3.96. The number of rotatable bonds is 3. The second-order valence-corrected chi connectivity index (χ2v) is 6.27. The van der Waals surface area contributed by atoms with Crippen LogP contribution in [0.4, 0.5) is 11.4 Å². The average molecular weight is 391 g/mol. The minimum absolute atomic E-state index is 0.0227. The molecule has 24 heavy (non-hydrogen) atoms. The number of anilines is 1. The van der Waals surface area contributed by atoms with Crippen molar-refractivity contribution in [3.05, 3.63) is 62.9 Å². The van der Waals surface area contributed by atoms with Crippen molar-refractivity contribution in [3.8, 4) is 0 Å². The van der Waals surface area contributed by atoms with Crippen molar-refractivity contribution in [1.82, 2.24) is 9.88 Å². The van der Waals surface area contributed by atoms with Crippen LogP contribution in [0.3, 0.4) is 0 Å². The molecule has 1 aliphatic rings. The topological polar surface area (TPSA) is 79.6 Å². The summed E-state index contributed by atoms with van der Waals surface area (Å²) in [6.07, 6.45) is 3.21. The number of nitro benzene ring substituents is 1. The van der Waals surface area contributed by atoms with Gasteiger partial charge in [-0.2, -0.15) is 0 Å². The van der Waals surface area contributed by atoms with E-state index in [1.807, 2.05) is 0 Å². The van der Waals surface area contributed by atoms with Gasteiger partial charge >= 0.3 is 0 Å². The number of amides is 1. The molecule has 8 heteroatoms. The van der Waals surface area contributed by atoms with Crippen LogP contribution in [-0.4, -0.2) is 46.9 Å². The first-order chi connectivity index (χ1) is 11.6. The SMILES string of the molecule is O=C(c1cccnc1)N1CCN(c2ccc([N+](=O)[O-])cc2Br)CC1. The Morgan fingerprint density at radius 2 is 1.96 bits per heavy atom. The zero-order chi connectivity index (χ0) is 17.1. The predicted molar refractivity (Wildman–Crippen MR) is 93.1 cm³/mol. The lowest BCUT2D eigenvalue weighted by Crippen LogP contribution is -2.48. The molecule has 0 atom stereocenters. The molecule has 1 fully saturated rings. The van der Waals surface area contributed by atoms with Gasteiger partial charge in [-0.05, 0) is 34.1 Å². The van der Waals surface area contributed by atoms with E-state index in [0.717, 1.165) is 5.69 Å². The van der Waals surface area contributed by atoms with Gasteiger partial charge in [-0.3, -0.25) is 19.9 Å². The predicted octanol–water partition coefficient (Wildman–Crippen LogP) is 2.71. The number of hydrogen-bond donors (Lipinski definition) is 0. The highest BCUT2D eigenvalue weighted by molar-refractivity contribution is 9.10. The van der Waals surface area contributed by atoms with E-state index in [2.05, 4.69) is 25.8 Å². The Balaban J connectivity index is 1.67. The van der Waals surface area contributed by atoms with Gasteiger partial charge < -0.3 is 9.80 Å². The summed E-state index contributed by atoms with van der Waals surface area (Å²) in [5, 5.41) is 10.8. The normalized spacial score (nSPS) is 14.5. The maximum Gasteiger partial charge on any atom is 0.270 e. The molecule has 7 nitrogen and oxygen atoms in total. The molecular formula is C16H15BrN4O3. The van der Waals surface area contributed by atoms with E-state index < -0.39 is 4.92 Å². The molecule has 2 heterocycles. The second-order valence-electron chi connectivity index (χ2n) is 5.41. The number of nitrogens with zero attached hydrogens (tertiary/aromatic N) is 4. The number of carbonyl (C=O) groups excluding carboxylic acids is 1. The number of pyridine rings is 1. The molecular weight excluding hydrogens is 376 g/mol. The molecule has 0 radical (unpaired) electrons. The number of piperazine rings is 1. The monoisotopic (exact) mass is 390 g/mol. The summed E-state index contributed by atoms with van der Waals surface area (Å²) in [7, 11) is 0. The van der Waals surface area contributed by atoms with Crippen molar-refractivity contribution < 1.29 is 9.72 Å². The number of carbonyl (C=O) groups is 1. The van der Waals surface area contributed by atoms with Gasteiger partial charge in [-0.15, -0.1) is 0 Å². The maximum absolute atomic E-state index is 12.4. The first kappa shape index (κ1) is 16.4. The minimum Gasteiger partial charge on any atom is -0.367 e. The van der Waals surface area contributed by atoms with Gasteiger partial charge in [0.2, 0.25) is 0 Å². The van der Waals surface area contributed by atoms with Gasteiger partial charge in [0.25, 0.3) is 11.6 Å². The number of hydrogen-bond acceptors (Lipinski definition) is 5. The van der Waals surface area contributed by atoms with Crippen LogP contribution in [0.2, 0.25) is 0 Å². The van der Waals surface area contributed by atoms with Crippen molar-refractivity contribution in [2.45, 2.75) is 0 Å². The number of halogens is 1. The fraction of sp³-hybridized carbons (Fsp3) is 0.250. The number of non-ortho nitro benzene ring substituents is 1. The molecule has 0 spiro atoms. The standard InChI is InChI=1S/C16H15BrN4O3/c17-14-10-13(21(23)24)3-4-15(14)19-6-8-20(9-7-19)16(22)12-2-1-5-18-11-12/h1-5,10-11H,6-9H2. The van der Waals surface area contributed by atoms with E-state index in [9.17, 15) is 14.9 Å². The second kappa shape index (κ2) is 6.96. The summed E-state index contributed by atoms with van der Waals surface area (Å²) in [4.78, 5) is 30.7. The summed E-state index contributed by atoms with van der Waals surface area (Å²) in [6, 6.07) is 8.24. The number of benzene rings is 1. The number of aromatic nitrogens is 1. The molecule has 1 saturated heterocycles. The molecule has 1 aromatic heterocycles. The molecule has 0 unspecified atom stereocenters. The van der Waals surface area contributed by atoms with Crippen molar-refractivity contribution >= 4 is 33.2 Å². The highest BCUT2D eigenvalue weighted by Gasteiger charge is 2.24. The Morgan fingerprint density at radius 3 is 2.54 bits per heavy atom. The van der Waals surface area contributed by atoms with E-state index >= 15 is 0 Å². The van der Waals surface area contributed by atoms with Crippen LogP contribution in [0, 0.1) is 10.1 Å². The highest BCUT2D eigenvalue weighted by Crippen LogP contribution is 2.30. The van der Waals surface area contributed by atoms with Gasteiger partial charge in [0.1, 0.15) is 0 Å². The Morgan fingerprint density at radius 1 is 1.21 bits per heavy atom. The van der Waals surface area contributed by atoms with Crippen LogP contribution in [0.5, 0.6) is 0 Å². The zero-order valence-corrected chi connectivity index (χ0v) is 14.3. The molecule has 2 aromatic rings. The van der Waals surface area contributed by atoms with Crippen LogP contribution in [0.25, 0.3) is 0 Å². The fourth-order valence-corrected chi connectivity index (χ4v) is 3.31. The molecule has 0 saturated carbocycles. The number of nitro groups is 1. The van der Waals surface area contributed by atoms with Crippen LogP contribution in [0.15, 0.2) is 47.2 Å². The smallest absolute Gasteiger partial charge is 0.270 e. The van der Waals surface area contributed by atoms with Crippen LogP contribution >= 0.6 is 15.9 Å². The van der Waals surface area contributed by atoms with Gasteiger partial charge in [0.15, 0.2) is 0 Å². The van der Waals surface area contributed by atoms with E-state index in [0.29, 0.717) is 36.2 Å². The summed E-state index contributed by atoms with van der Waals surface area (Å²) < 4.78 is 0.684.